The van der Waals surface area contributed by atoms with E-state index in [1.807, 2.05) is 0 Å². The average molecular weight is 300 g/mol. The number of carbonyl (C=O) groups excluding carboxylic acids is 1. The number of aromatic nitrogens is 3. The van der Waals surface area contributed by atoms with Crippen LogP contribution in [0.4, 0.5) is 0 Å². The minimum Gasteiger partial charge on any atom is -0.445 e. The number of aromatic amines is 1. The van der Waals surface area contributed by atoms with Gasteiger partial charge in [0.2, 0.25) is 0 Å². The molecule has 1 aliphatic carbocycles. The van der Waals surface area contributed by atoms with Crippen molar-refractivity contribution < 1.29 is 9.21 Å². The van der Waals surface area contributed by atoms with E-state index in [0.717, 1.165) is 36.4 Å². The summed E-state index contributed by atoms with van der Waals surface area (Å²) in [4.78, 5) is 36.1. The molecular formula is C15H16N4O3. The molecule has 0 atom stereocenters. The zero-order valence-electron chi connectivity index (χ0n) is 12.0. The van der Waals surface area contributed by atoms with Gasteiger partial charge >= 0.3 is 0 Å². The Kier molecular flexibility index (Phi) is 3.06. The van der Waals surface area contributed by atoms with E-state index in [1.54, 1.807) is 4.90 Å². The maximum absolute atomic E-state index is 12.4. The zero-order chi connectivity index (χ0) is 15.1. The molecule has 7 heteroatoms. The molecule has 1 fully saturated rings. The van der Waals surface area contributed by atoms with Gasteiger partial charge in [0.1, 0.15) is 17.1 Å². The molecule has 0 radical (unpaired) electrons. The fraction of sp³-hybridized carbons (Fsp3) is 0.467. The van der Waals surface area contributed by atoms with Gasteiger partial charge in [0.15, 0.2) is 5.89 Å². The molecule has 7 nitrogen and oxygen atoms in total. The average Bonchev–Trinajstić information content (AvgIpc) is 2.87. The first kappa shape index (κ1) is 13.2. The van der Waals surface area contributed by atoms with E-state index in [0.29, 0.717) is 25.4 Å². The summed E-state index contributed by atoms with van der Waals surface area (Å²) in [5, 5.41) is 0. The summed E-state index contributed by atoms with van der Waals surface area (Å²) < 4.78 is 5.85. The van der Waals surface area contributed by atoms with Gasteiger partial charge in [-0.2, -0.15) is 0 Å². The van der Waals surface area contributed by atoms with E-state index in [2.05, 4.69) is 15.0 Å². The normalized spacial score (nSPS) is 17.9. The van der Waals surface area contributed by atoms with Gasteiger partial charge in [-0.3, -0.25) is 9.59 Å². The second-order valence-electron chi connectivity index (χ2n) is 5.82. The molecule has 0 unspecified atom stereocenters. The van der Waals surface area contributed by atoms with E-state index >= 15 is 0 Å². The Bertz CT molecular complexity index is 755. The summed E-state index contributed by atoms with van der Waals surface area (Å²) in [7, 11) is 0. The first-order chi connectivity index (χ1) is 10.7. The largest absolute Gasteiger partial charge is 0.445 e. The topological polar surface area (TPSA) is 92.1 Å². The highest BCUT2D eigenvalue weighted by atomic mass is 16.4. The molecule has 1 N–H and O–H groups in total. The fourth-order valence-electron chi connectivity index (χ4n) is 2.84. The molecule has 3 heterocycles. The summed E-state index contributed by atoms with van der Waals surface area (Å²) >= 11 is 0. The predicted octanol–water partition coefficient (Wildman–Crippen LogP) is 1.22. The molecule has 0 bridgehead atoms. The van der Waals surface area contributed by atoms with E-state index in [9.17, 15) is 9.59 Å². The molecule has 0 spiro atoms. The number of nitrogens with one attached hydrogen (secondary N) is 1. The van der Waals surface area contributed by atoms with Gasteiger partial charge in [0, 0.05) is 25.1 Å². The van der Waals surface area contributed by atoms with Crippen LogP contribution in [0.2, 0.25) is 0 Å². The molecule has 0 saturated heterocycles. The highest BCUT2D eigenvalue weighted by molar-refractivity contribution is 5.92. The molecule has 114 valence electrons. The summed E-state index contributed by atoms with van der Waals surface area (Å²) in [6.07, 6.45) is 6.66. The Morgan fingerprint density at radius 1 is 1.41 bits per heavy atom. The lowest BCUT2D eigenvalue weighted by atomic mass is 9.85. The standard InChI is InChI=1S/C15H16N4O3/c20-13-7-16-10(6-17-13)15(21)19-5-4-12-11(8-19)18-14(22-12)9-2-1-3-9/h6-7,9H,1-5,8H2,(H,17,20). The van der Waals surface area contributed by atoms with Crippen LogP contribution in [0.25, 0.3) is 0 Å². The molecule has 1 saturated carbocycles. The van der Waals surface area contributed by atoms with Crippen molar-refractivity contribution in [2.45, 2.75) is 38.1 Å². The SMILES string of the molecule is O=C(c1c[nH]c(=O)cn1)N1CCc2oc(C3CCC3)nc2C1. The van der Waals surface area contributed by atoms with Gasteiger partial charge in [-0.1, -0.05) is 6.42 Å². The van der Waals surface area contributed by atoms with E-state index in [4.69, 9.17) is 4.42 Å². The number of rotatable bonds is 2. The monoisotopic (exact) mass is 300 g/mol. The Balaban J connectivity index is 1.53. The molecular weight excluding hydrogens is 284 g/mol. The minimum atomic E-state index is -0.320. The van der Waals surface area contributed by atoms with Crippen molar-refractivity contribution in [2.75, 3.05) is 6.54 Å². The lowest BCUT2D eigenvalue weighted by Gasteiger charge is -2.24. The predicted molar refractivity (Wildman–Crippen MR) is 76.4 cm³/mol. The molecule has 2 aromatic heterocycles. The molecule has 2 aromatic rings. The van der Waals surface area contributed by atoms with Crippen LogP contribution in [-0.4, -0.2) is 32.3 Å². The maximum atomic E-state index is 12.4. The highest BCUT2D eigenvalue weighted by Gasteiger charge is 2.30. The number of carbonyl (C=O) groups is 1. The Labute approximate surface area is 126 Å². The number of fused-ring (bicyclic) bond motifs is 1. The molecule has 2 aliphatic rings. The van der Waals surface area contributed by atoms with Crippen molar-refractivity contribution in [3.63, 3.8) is 0 Å². The van der Waals surface area contributed by atoms with Crippen molar-refractivity contribution in [3.05, 3.63) is 45.8 Å². The third-order valence-electron chi connectivity index (χ3n) is 4.38. The van der Waals surface area contributed by atoms with Gasteiger partial charge in [-0.15, -0.1) is 0 Å². The number of H-pyrrole nitrogens is 1. The quantitative estimate of drug-likeness (QED) is 0.900. The van der Waals surface area contributed by atoms with Crippen LogP contribution in [0.1, 0.15) is 53.0 Å². The zero-order valence-corrected chi connectivity index (χ0v) is 12.0. The van der Waals surface area contributed by atoms with Crippen LogP contribution in [0, 0.1) is 0 Å². The van der Waals surface area contributed by atoms with Crippen molar-refractivity contribution in [2.24, 2.45) is 0 Å². The van der Waals surface area contributed by atoms with Gasteiger partial charge in [-0.05, 0) is 12.8 Å². The minimum absolute atomic E-state index is 0.199. The fourth-order valence-corrected chi connectivity index (χ4v) is 2.84. The van der Waals surface area contributed by atoms with Crippen LogP contribution in [0.15, 0.2) is 21.6 Å². The Morgan fingerprint density at radius 3 is 2.95 bits per heavy atom. The van der Waals surface area contributed by atoms with Crippen LogP contribution in [0.5, 0.6) is 0 Å². The number of hydrogen-bond acceptors (Lipinski definition) is 5. The number of hydrogen-bond donors (Lipinski definition) is 1. The van der Waals surface area contributed by atoms with Crippen LogP contribution in [-0.2, 0) is 13.0 Å². The van der Waals surface area contributed by atoms with Crippen LogP contribution < -0.4 is 5.56 Å². The van der Waals surface area contributed by atoms with Gasteiger partial charge < -0.3 is 14.3 Å². The lowest BCUT2D eigenvalue weighted by molar-refractivity contribution is 0.0721. The van der Waals surface area contributed by atoms with Gasteiger partial charge in [0.25, 0.3) is 11.5 Å². The maximum Gasteiger partial charge on any atom is 0.274 e. The van der Waals surface area contributed by atoms with Gasteiger partial charge in [-0.25, -0.2) is 9.97 Å². The number of oxazole rings is 1. The third kappa shape index (κ3) is 2.22. The number of nitrogens with zero attached hydrogens (tertiary/aromatic N) is 3. The second kappa shape index (κ2) is 5.08. The van der Waals surface area contributed by atoms with Crippen molar-refractivity contribution in [1.82, 2.24) is 19.9 Å². The first-order valence-electron chi connectivity index (χ1n) is 7.53. The highest BCUT2D eigenvalue weighted by Crippen LogP contribution is 2.37. The summed E-state index contributed by atoms with van der Waals surface area (Å²) in [6.45, 7) is 1.01. The van der Waals surface area contributed by atoms with Crippen molar-refractivity contribution >= 4 is 5.91 Å². The van der Waals surface area contributed by atoms with Gasteiger partial charge in [0.05, 0.1) is 12.7 Å². The second-order valence-corrected chi connectivity index (χ2v) is 5.82. The summed E-state index contributed by atoms with van der Waals surface area (Å²) in [5.41, 5.74) is 0.774. The van der Waals surface area contributed by atoms with Crippen LogP contribution in [0.3, 0.4) is 0 Å². The smallest absolute Gasteiger partial charge is 0.274 e. The van der Waals surface area contributed by atoms with E-state index < -0.39 is 0 Å². The molecule has 0 aromatic carbocycles. The summed E-state index contributed by atoms with van der Waals surface area (Å²) in [6, 6.07) is 0. The number of amides is 1. The van der Waals surface area contributed by atoms with E-state index in [-0.39, 0.29) is 17.2 Å². The Hall–Kier alpha value is -2.44. The Morgan fingerprint density at radius 2 is 2.27 bits per heavy atom. The molecule has 22 heavy (non-hydrogen) atoms. The van der Waals surface area contributed by atoms with E-state index in [1.165, 1.54) is 12.6 Å². The molecule has 4 rings (SSSR count). The third-order valence-corrected chi connectivity index (χ3v) is 4.38. The summed E-state index contributed by atoms with van der Waals surface area (Å²) in [5.74, 6) is 1.99. The van der Waals surface area contributed by atoms with Crippen molar-refractivity contribution in [1.29, 1.82) is 0 Å². The molecule has 1 amide bonds. The first-order valence-corrected chi connectivity index (χ1v) is 7.53. The van der Waals surface area contributed by atoms with Crippen molar-refractivity contribution in [3.8, 4) is 0 Å². The molecule has 1 aliphatic heterocycles. The lowest BCUT2D eigenvalue weighted by Crippen LogP contribution is -2.36. The van der Waals surface area contributed by atoms with Crippen LogP contribution >= 0.6 is 0 Å².